The van der Waals surface area contributed by atoms with Gasteiger partial charge in [-0.1, -0.05) is 0 Å². The number of amides is 2. The Morgan fingerprint density at radius 3 is 2.67 bits per heavy atom. The molecule has 0 aromatic carbocycles. The van der Waals surface area contributed by atoms with Gasteiger partial charge in [-0.15, -0.1) is 0 Å². The minimum absolute atomic E-state index is 0.123. The van der Waals surface area contributed by atoms with Crippen LogP contribution in [-0.2, 0) is 16.6 Å². The summed E-state index contributed by atoms with van der Waals surface area (Å²) >= 11 is 0. The molecule has 24 heavy (non-hydrogen) atoms. The van der Waals surface area contributed by atoms with Gasteiger partial charge in [0.2, 0.25) is 11.8 Å². The highest BCUT2D eigenvalue weighted by atomic mass is 19.1. The molecular weight excluding hydrogens is 319 g/mol. The molecule has 0 spiro atoms. The van der Waals surface area contributed by atoms with Crippen LogP contribution in [0.5, 0.6) is 5.88 Å². The second kappa shape index (κ2) is 7.31. The minimum atomic E-state index is -1.01. The van der Waals surface area contributed by atoms with Gasteiger partial charge in [-0.25, -0.2) is 15.1 Å². The fraction of sp³-hybridized carbons (Fsp3) is 0.214. The Kier molecular flexibility index (Phi) is 5.20. The number of nitrogens with zero attached hydrogens (tertiary/aromatic N) is 4. The molecule has 0 saturated heterocycles. The lowest BCUT2D eigenvalue weighted by molar-refractivity contribution is -0.136. The lowest BCUT2D eigenvalue weighted by Gasteiger charge is -2.04. The van der Waals surface area contributed by atoms with Crippen LogP contribution >= 0.6 is 0 Å². The molecule has 0 unspecified atom stereocenters. The average Bonchev–Trinajstić information content (AvgIpc) is 2.81. The summed E-state index contributed by atoms with van der Waals surface area (Å²) in [4.78, 5) is 27.2. The van der Waals surface area contributed by atoms with Gasteiger partial charge in [-0.05, 0) is 13.0 Å². The SMILES string of the molecule is COc1ccc(NC(=O)C(=O)NN=Cc2c(C)nn(C)c2F)cn1. The third-order valence-corrected chi connectivity index (χ3v) is 2.97. The van der Waals surface area contributed by atoms with Crippen LogP contribution in [0.3, 0.4) is 0 Å². The Balaban J connectivity index is 1.93. The van der Waals surface area contributed by atoms with Crippen molar-refractivity contribution in [3.05, 3.63) is 35.5 Å². The number of rotatable bonds is 4. The van der Waals surface area contributed by atoms with Crippen molar-refractivity contribution in [2.75, 3.05) is 12.4 Å². The van der Waals surface area contributed by atoms with Crippen LogP contribution in [0.2, 0.25) is 0 Å². The first-order valence-corrected chi connectivity index (χ1v) is 6.76. The van der Waals surface area contributed by atoms with Crippen LogP contribution in [0.15, 0.2) is 23.4 Å². The average molecular weight is 334 g/mol. The Bertz CT molecular complexity index is 785. The molecule has 2 aromatic rings. The molecule has 0 atom stereocenters. The zero-order valence-corrected chi connectivity index (χ0v) is 13.2. The van der Waals surface area contributed by atoms with Crippen LogP contribution in [0.4, 0.5) is 10.1 Å². The normalized spacial score (nSPS) is 10.7. The fourth-order valence-electron chi connectivity index (χ4n) is 1.76. The third-order valence-electron chi connectivity index (χ3n) is 2.97. The van der Waals surface area contributed by atoms with Gasteiger partial charge in [-0.3, -0.25) is 9.59 Å². The Morgan fingerprint density at radius 2 is 2.12 bits per heavy atom. The van der Waals surface area contributed by atoms with Gasteiger partial charge in [0.1, 0.15) is 0 Å². The molecule has 0 radical (unpaired) electrons. The zero-order chi connectivity index (χ0) is 17.7. The van der Waals surface area contributed by atoms with E-state index in [1.54, 1.807) is 6.92 Å². The molecule has 126 valence electrons. The number of carbonyl (C=O) groups is 2. The first-order valence-electron chi connectivity index (χ1n) is 6.76. The molecule has 0 fully saturated rings. The second-order valence-corrected chi connectivity index (χ2v) is 4.66. The predicted molar refractivity (Wildman–Crippen MR) is 83.1 cm³/mol. The van der Waals surface area contributed by atoms with Crippen LogP contribution in [-0.4, -0.2) is 39.9 Å². The zero-order valence-electron chi connectivity index (χ0n) is 13.2. The van der Waals surface area contributed by atoms with Crippen molar-refractivity contribution in [1.29, 1.82) is 0 Å². The maximum atomic E-state index is 13.7. The summed E-state index contributed by atoms with van der Waals surface area (Å²) in [7, 11) is 2.90. The van der Waals surface area contributed by atoms with Gasteiger partial charge in [0, 0.05) is 13.1 Å². The number of hydrogen-bond acceptors (Lipinski definition) is 6. The van der Waals surface area contributed by atoms with E-state index in [1.807, 2.05) is 5.43 Å². The number of halogens is 1. The number of ether oxygens (including phenoxy) is 1. The molecule has 2 amide bonds. The summed E-state index contributed by atoms with van der Waals surface area (Å²) in [5, 5.41) is 9.74. The van der Waals surface area contributed by atoms with E-state index < -0.39 is 17.8 Å². The summed E-state index contributed by atoms with van der Waals surface area (Å²) < 4.78 is 19.6. The number of aryl methyl sites for hydroxylation is 2. The van der Waals surface area contributed by atoms with E-state index >= 15 is 0 Å². The van der Waals surface area contributed by atoms with E-state index in [1.165, 1.54) is 32.5 Å². The van der Waals surface area contributed by atoms with Crippen molar-refractivity contribution in [3.8, 4) is 5.88 Å². The lowest BCUT2D eigenvalue weighted by atomic mass is 10.3. The highest BCUT2D eigenvalue weighted by Gasteiger charge is 2.14. The van der Waals surface area contributed by atoms with E-state index in [9.17, 15) is 14.0 Å². The first kappa shape index (κ1) is 17.1. The van der Waals surface area contributed by atoms with E-state index in [0.717, 1.165) is 10.9 Å². The number of aromatic nitrogens is 3. The molecule has 2 rings (SSSR count). The van der Waals surface area contributed by atoms with E-state index in [-0.39, 0.29) is 5.56 Å². The third kappa shape index (κ3) is 3.91. The first-order chi connectivity index (χ1) is 11.4. The maximum absolute atomic E-state index is 13.7. The summed E-state index contributed by atoms with van der Waals surface area (Å²) in [5.74, 6) is -2.18. The molecule has 0 aliphatic heterocycles. The summed E-state index contributed by atoms with van der Waals surface area (Å²) in [5.41, 5.74) is 2.85. The van der Waals surface area contributed by atoms with Crippen LogP contribution in [0, 0.1) is 12.9 Å². The van der Waals surface area contributed by atoms with Gasteiger partial charge < -0.3 is 10.1 Å². The van der Waals surface area contributed by atoms with Gasteiger partial charge in [0.05, 0.1) is 36.5 Å². The van der Waals surface area contributed by atoms with E-state index in [4.69, 9.17) is 4.74 Å². The van der Waals surface area contributed by atoms with Crippen molar-refractivity contribution in [2.24, 2.45) is 12.1 Å². The van der Waals surface area contributed by atoms with Gasteiger partial charge in [0.15, 0.2) is 0 Å². The number of carbonyl (C=O) groups excluding carboxylic acids is 2. The van der Waals surface area contributed by atoms with Crippen molar-refractivity contribution >= 4 is 23.7 Å². The molecule has 0 aliphatic carbocycles. The Labute approximate surface area is 136 Å². The highest BCUT2D eigenvalue weighted by molar-refractivity contribution is 6.39. The van der Waals surface area contributed by atoms with Gasteiger partial charge in [-0.2, -0.15) is 14.6 Å². The Hall–Kier alpha value is -3.30. The Morgan fingerprint density at radius 1 is 1.38 bits per heavy atom. The summed E-state index contributed by atoms with van der Waals surface area (Å²) in [6, 6.07) is 3.05. The van der Waals surface area contributed by atoms with Crippen molar-refractivity contribution < 1.29 is 18.7 Å². The van der Waals surface area contributed by atoms with Crippen LogP contribution < -0.4 is 15.5 Å². The summed E-state index contributed by atoms with van der Waals surface area (Å²) in [6.07, 6.45) is 2.42. The molecule has 0 bridgehead atoms. The van der Waals surface area contributed by atoms with Crippen LogP contribution in [0.1, 0.15) is 11.3 Å². The maximum Gasteiger partial charge on any atom is 0.329 e. The topological polar surface area (TPSA) is 110 Å². The standard InChI is InChI=1S/C14H15FN6O3/c1-8-10(12(15)21(2)20-8)7-17-19-14(23)13(22)18-9-4-5-11(24-3)16-6-9/h4-7H,1-3H3,(H,18,22)(H,19,23). The molecule has 2 N–H and O–H groups in total. The molecule has 2 aromatic heterocycles. The molecular formula is C14H15FN6O3. The number of hydrazone groups is 1. The van der Waals surface area contributed by atoms with Crippen LogP contribution in [0.25, 0.3) is 0 Å². The number of nitrogens with one attached hydrogen (secondary N) is 2. The van der Waals surface area contributed by atoms with Gasteiger partial charge >= 0.3 is 11.8 Å². The molecule has 0 saturated carbocycles. The number of pyridine rings is 1. The van der Waals surface area contributed by atoms with Crippen molar-refractivity contribution in [2.45, 2.75) is 6.92 Å². The molecule has 0 aliphatic rings. The minimum Gasteiger partial charge on any atom is -0.481 e. The monoisotopic (exact) mass is 334 g/mol. The molecule has 2 heterocycles. The largest absolute Gasteiger partial charge is 0.481 e. The fourth-order valence-corrected chi connectivity index (χ4v) is 1.76. The number of anilines is 1. The van der Waals surface area contributed by atoms with Crippen molar-refractivity contribution in [1.82, 2.24) is 20.2 Å². The lowest BCUT2D eigenvalue weighted by Crippen LogP contribution is -2.32. The van der Waals surface area contributed by atoms with E-state index in [2.05, 4.69) is 20.5 Å². The van der Waals surface area contributed by atoms with E-state index in [0.29, 0.717) is 17.3 Å². The number of hydrogen-bond donors (Lipinski definition) is 2. The molecule has 9 nitrogen and oxygen atoms in total. The van der Waals surface area contributed by atoms with Crippen molar-refractivity contribution in [3.63, 3.8) is 0 Å². The van der Waals surface area contributed by atoms with Gasteiger partial charge in [0.25, 0.3) is 0 Å². The quantitative estimate of drug-likeness (QED) is 0.476. The smallest absolute Gasteiger partial charge is 0.329 e. The summed E-state index contributed by atoms with van der Waals surface area (Å²) in [6.45, 7) is 1.59. The highest BCUT2D eigenvalue weighted by Crippen LogP contribution is 2.10. The predicted octanol–water partition coefficient (Wildman–Crippen LogP) is 0.360. The molecule has 10 heteroatoms. The number of methoxy groups -OCH3 is 1. The second-order valence-electron chi connectivity index (χ2n) is 4.66.